The van der Waals surface area contributed by atoms with Crippen molar-refractivity contribution in [3.63, 3.8) is 0 Å². The van der Waals surface area contributed by atoms with E-state index in [1.165, 1.54) is 0 Å². The molecule has 0 spiro atoms. The summed E-state index contributed by atoms with van der Waals surface area (Å²) in [6, 6.07) is 1.94. The van der Waals surface area contributed by atoms with Crippen molar-refractivity contribution in [2.45, 2.75) is 33.1 Å². The molecule has 2 rings (SSSR count). The molecule has 1 atom stereocenters. The van der Waals surface area contributed by atoms with E-state index in [-0.39, 0.29) is 12.4 Å². The number of rotatable bonds is 4. The summed E-state index contributed by atoms with van der Waals surface area (Å²) in [5.74, 6) is 1.34. The second-order valence-electron chi connectivity index (χ2n) is 5.73. The highest BCUT2D eigenvalue weighted by molar-refractivity contribution is 6.02. The first kappa shape index (κ1) is 15.6. The van der Waals surface area contributed by atoms with E-state index in [4.69, 9.17) is 16.0 Å². The predicted molar refractivity (Wildman–Crippen MR) is 82.9 cm³/mol. The fraction of sp³-hybridized carbons (Fsp3) is 0.600. The molecule has 1 saturated heterocycles. The van der Waals surface area contributed by atoms with Crippen molar-refractivity contribution in [1.82, 2.24) is 4.98 Å². The number of pyridine rings is 1. The van der Waals surface area contributed by atoms with Crippen LogP contribution in [0.2, 0.25) is 0 Å². The number of aliphatic hydroxyl groups excluding tert-OH is 1. The lowest BCUT2D eigenvalue weighted by molar-refractivity contribution is 0.244. The summed E-state index contributed by atoms with van der Waals surface area (Å²) < 4.78 is 0. The second kappa shape index (κ2) is 6.76. The molecule has 0 aliphatic carbocycles. The van der Waals surface area contributed by atoms with Gasteiger partial charge in [0.2, 0.25) is 0 Å². The Kier molecular flexibility index (Phi) is 5.01. The van der Waals surface area contributed by atoms with Crippen LogP contribution in [0, 0.1) is 19.8 Å². The van der Waals surface area contributed by atoms with Crippen LogP contribution in [0.4, 0.5) is 5.82 Å². The van der Waals surface area contributed by atoms with Crippen molar-refractivity contribution in [3.8, 4) is 0 Å². The van der Waals surface area contributed by atoms with E-state index in [0.717, 1.165) is 49.4 Å². The van der Waals surface area contributed by atoms with E-state index >= 15 is 0 Å². The summed E-state index contributed by atoms with van der Waals surface area (Å²) in [5.41, 5.74) is 8.41. The van der Waals surface area contributed by atoms with Gasteiger partial charge in [-0.1, -0.05) is 5.16 Å². The molecule has 0 radical (unpaired) electrons. The average molecular weight is 292 g/mol. The number of amidine groups is 1. The molecule has 116 valence electrons. The fourth-order valence-corrected chi connectivity index (χ4v) is 3.09. The van der Waals surface area contributed by atoms with Crippen LogP contribution in [-0.2, 0) is 0 Å². The normalized spacial score (nSPS) is 19.9. The van der Waals surface area contributed by atoms with Gasteiger partial charge in [0, 0.05) is 25.4 Å². The minimum absolute atomic E-state index is 0.0966. The van der Waals surface area contributed by atoms with Crippen molar-refractivity contribution in [2.75, 3.05) is 24.6 Å². The fourth-order valence-electron chi connectivity index (χ4n) is 3.09. The zero-order chi connectivity index (χ0) is 15.4. The Morgan fingerprint density at radius 1 is 1.52 bits per heavy atom. The quantitative estimate of drug-likeness (QED) is 0.337. The van der Waals surface area contributed by atoms with Crippen molar-refractivity contribution < 1.29 is 10.3 Å². The van der Waals surface area contributed by atoms with Gasteiger partial charge >= 0.3 is 0 Å². The van der Waals surface area contributed by atoms with Gasteiger partial charge in [-0.3, -0.25) is 0 Å². The standard InChI is InChI=1S/C15H24N4O2/c1-10-8-11(2)17-15(13(10)14(16)18-21)19-6-3-4-12(9-19)5-7-20/h8,12,20-21H,3-7,9H2,1-2H3,(H2,16,18). The predicted octanol–water partition coefficient (Wildman–Crippen LogP) is 1.39. The molecule has 1 aliphatic heterocycles. The van der Waals surface area contributed by atoms with Crippen LogP contribution >= 0.6 is 0 Å². The smallest absolute Gasteiger partial charge is 0.174 e. The molecule has 1 aromatic heterocycles. The number of aromatic nitrogens is 1. The van der Waals surface area contributed by atoms with Crippen LogP contribution in [0.15, 0.2) is 11.2 Å². The van der Waals surface area contributed by atoms with Crippen LogP contribution in [0.3, 0.4) is 0 Å². The lowest BCUT2D eigenvalue weighted by Crippen LogP contribution is -2.38. The molecule has 1 unspecified atom stereocenters. The third kappa shape index (κ3) is 3.44. The first-order valence-electron chi connectivity index (χ1n) is 7.38. The third-order valence-corrected chi connectivity index (χ3v) is 4.05. The number of anilines is 1. The maximum atomic E-state index is 9.14. The number of oxime groups is 1. The Morgan fingerprint density at radius 3 is 2.95 bits per heavy atom. The highest BCUT2D eigenvalue weighted by Gasteiger charge is 2.24. The Hall–Kier alpha value is -1.82. The number of nitrogens with two attached hydrogens (primary N) is 1. The third-order valence-electron chi connectivity index (χ3n) is 4.05. The molecule has 0 aromatic carbocycles. The number of aryl methyl sites for hydroxylation is 2. The van der Waals surface area contributed by atoms with E-state index < -0.39 is 0 Å². The van der Waals surface area contributed by atoms with E-state index in [9.17, 15) is 0 Å². The largest absolute Gasteiger partial charge is 0.409 e. The van der Waals surface area contributed by atoms with E-state index in [1.54, 1.807) is 0 Å². The Labute approximate surface area is 125 Å². The van der Waals surface area contributed by atoms with Crippen molar-refractivity contribution in [1.29, 1.82) is 0 Å². The number of hydrogen-bond acceptors (Lipinski definition) is 5. The molecule has 1 fully saturated rings. The van der Waals surface area contributed by atoms with Gasteiger partial charge in [-0.05, 0) is 50.7 Å². The molecule has 6 heteroatoms. The summed E-state index contributed by atoms with van der Waals surface area (Å²) in [7, 11) is 0. The molecule has 4 N–H and O–H groups in total. The minimum atomic E-state index is 0.0966. The topological polar surface area (TPSA) is 95.0 Å². The summed E-state index contributed by atoms with van der Waals surface area (Å²) in [6.07, 6.45) is 3.00. The molecular formula is C15H24N4O2. The number of piperidine rings is 1. The highest BCUT2D eigenvalue weighted by atomic mass is 16.4. The van der Waals surface area contributed by atoms with Gasteiger partial charge in [0.1, 0.15) is 5.82 Å². The Bertz CT molecular complexity index is 529. The molecule has 1 aliphatic rings. The minimum Gasteiger partial charge on any atom is -0.409 e. The second-order valence-corrected chi connectivity index (χ2v) is 5.73. The highest BCUT2D eigenvalue weighted by Crippen LogP contribution is 2.28. The van der Waals surface area contributed by atoms with Gasteiger partial charge in [-0.25, -0.2) is 4.98 Å². The molecule has 0 bridgehead atoms. The van der Waals surface area contributed by atoms with E-state index in [0.29, 0.717) is 11.5 Å². The summed E-state index contributed by atoms with van der Waals surface area (Å²) in [5, 5.41) is 21.3. The van der Waals surface area contributed by atoms with Gasteiger partial charge in [0.05, 0.1) is 5.56 Å². The Balaban J connectivity index is 2.37. The van der Waals surface area contributed by atoms with Crippen LogP contribution in [0.5, 0.6) is 0 Å². The van der Waals surface area contributed by atoms with Crippen LogP contribution in [0.1, 0.15) is 36.1 Å². The maximum Gasteiger partial charge on any atom is 0.174 e. The Morgan fingerprint density at radius 2 is 2.29 bits per heavy atom. The zero-order valence-corrected chi connectivity index (χ0v) is 12.7. The van der Waals surface area contributed by atoms with Crippen molar-refractivity contribution in [2.24, 2.45) is 16.8 Å². The first-order valence-corrected chi connectivity index (χ1v) is 7.38. The zero-order valence-electron chi connectivity index (χ0n) is 12.7. The lowest BCUT2D eigenvalue weighted by atomic mass is 9.94. The maximum absolute atomic E-state index is 9.14. The van der Waals surface area contributed by atoms with Gasteiger partial charge < -0.3 is 20.9 Å². The number of hydrogen-bond donors (Lipinski definition) is 3. The first-order chi connectivity index (χ1) is 10.1. The summed E-state index contributed by atoms with van der Waals surface area (Å²) in [6.45, 7) is 5.86. The van der Waals surface area contributed by atoms with Gasteiger partial charge in [-0.15, -0.1) is 0 Å². The van der Waals surface area contributed by atoms with Gasteiger partial charge in [0.15, 0.2) is 5.84 Å². The van der Waals surface area contributed by atoms with Gasteiger partial charge in [0.25, 0.3) is 0 Å². The van der Waals surface area contributed by atoms with Gasteiger partial charge in [-0.2, -0.15) is 0 Å². The average Bonchev–Trinajstić information content (AvgIpc) is 2.46. The molecular weight excluding hydrogens is 268 g/mol. The molecule has 1 aromatic rings. The number of nitrogens with zero attached hydrogens (tertiary/aromatic N) is 3. The SMILES string of the molecule is Cc1cc(C)c(/C(N)=N/O)c(N2CCCC(CCO)C2)n1. The summed E-state index contributed by atoms with van der Waals surface area (Å²) >= 11 is 0. The molecule has 2 heterocycles. The number of aliphatic hydroxyl groups is 1. The molecule has 21 heavy (non-hydrogen) atoms. The molecule has 0 saturated carbocycles. The van der Waals surface area contributed by atoms with E-state index in [2.05, 4.69) is 15.0 Å². The van der Waals surface area contributed by atoms with Crippen LogP contribution in [0.25, 0.3) is 0 Å². The van der Waals surface area contributed by atoms with Crippen molar-refractivity contribution in [3.05, 3.63) is 22.9 Å². The van der Waals surface area contributed by atoms with Crippen LogP contribution in [-0.4, -0.2) is 40.8 Å². The van der Waals surface area contributed by atoms with Crippen molar-refractivity contribution >= 4 is 11.7 Å². The molecule has 0 amide bonds. The van der Waals surface area contributed by atoms with Crippen LogP contribution < -0.4 is 10.6 Å². The van der Waals surface area contributed by atoms with E-state index in [1.807, 2.05) is 19.9 Å². The summed E-state index contributed by atoms with van der Waals surface area (Å²) in [4.78, 5) is 6.80. The lowest BCUT2D eigenvalue weighted by Gasteiger charge is -2.34. The monoisotopic (exact) mass is 292 g/mol. The molecule has 6 nitrogen and oxygen atoms in total.